The lowest BCUT2D eigenvalue weighted by Gasteiger charge is -2.16. The predicted octanol–water partition coefficient (Wildman–Crippen LogP) is 3.91. The summed E-state index contributed by atoms with van der Waals surface area (Å²) in [5, 5.41) is 0. The minimum absolute atomic E-state index is 0.132. The van der Waals surface area contributed by atoms with Gasteiger partial charge >= 0.3 is 0 Å². The Hall–Kier alpha value is -2.14. The van der Waals surface area contributed by atoms with Crippen molar-refractivity contribution < 1.29 is 17.9 Å². The van der Waals surface area contributed by atoms with E-state index in [1.54, 1.807) is 0 Å². The number of ketones is 1. The zero-order valence-corrected chi connectivity index (χ0v) is 16.3. The molecule has 0 amide bonds. The Kier molecular flexibility index (Phi) is 5.19. The first-order chi connectivity index (χ1) is 12.3. The molecule has 0 saturated carbocycles. The van der Waals surface area contributed by atoms with Gasteiger partial charge < -0.3 is 4.74 Å². The molecule has 2 aromatic rings. The second kappa shape index (κ2) is 7.23. The molecule has 0 N–H and O–H groups in total. The van der Waals surface area contributed by atoms with Crippen LogP contribution >= 0.6 is 0 Å². The third-order valence-electron chi connectivity index (χ3n) is 4.78. The lowest BCUT2D eigenvalue weighted by atomic mass is 9.90. The largest absolute Gasteiger partial charge is 0.494 e. The monoisotopic (exact) mass is 372 g/mol. The average Bonchev–Trinajstić information content (AvgIpc) is 2.92. The highest BCUT2D eigenvalue weighted by Crippen LogP contribution is 2.37. The maximum absolute atomic E-state index is 12.0. The molecule has 0 unspecified atom stereocenters. The molecule has 0 bridgehead atoms. The van der Waals surface area contributed by atoms with E-state index in [-0.39, 0.29) is 11.5 Å². The van der Waals surface area contributed by atoms with E-state index < -0.39 is 9.84 Å². The van der Waals surface area contributed by atoms with E-state index in [4.69, 9.17) is 4.74 Å². The first-order valence-electron chi connectivity index (χ1n) is 8.83. The zero-order chi connectivity index (χ0) is 18.9. The maximum Gasteiger partial charge on any atom is 0.163 e. The first-order valence-corrected chi connectivity index (χ1v) is 10.9. The van der Waals surface area contributed by atoms with Crippen LogP contribution in [-0.4, -0.2) is 32.8 Å². The maximum atomic E-state index is 12.0. The summed E-state index contributed by atoms with van der Waals surface area (Å²) in [6, 6.07) is 9.92. The van der Waals surface area contributed by atoms with E-state index in [9.17, 15) is 13.2 Å². The molecular weight excluding hydrogens is 348 g/mol. The molecule has 0 saturated heterocycles. The Morgan fingerprint density at radius 2 is 1.69 bits per heavy atom. The highest BCUT2D eigenvalue weighted by atomic mass is 32.2. The second-order valence-corrected chi connectivity index (χ2v) is 9.28. The highest BCUT2D eigenvalue weighted by molar-refractivity contribution is 7.90. The fourth-order valence-corrected chi connectivity index (χ4v) is 4.31. The van der Waals surface area contributed by atoms with Crippen LogP contribution in [0, 0.1) is 13.8 Å². The van der Waals surface area contributed by atoms with Gasteiger partial charge in [-0.25, -0.2) is 8.42 Å². The van der Waals surface area contributed by atoms with Crippen LogP contribution in [0.5, 0.6) is 5.75 Å². The van der Waals surface area contributed by atoms with Gasteiger partial charge in [0.15, 0.2) is 5.78 Å². The van der Waals surface area contributed by atoms with Gasteiger partial charge in [-0.05, 0) is 66.6 Å². The van der Waals surface area contributed by atoms with E-state index in [0.717, 1.165) is 45.6 Å². The van der Waals surface area contributed by atoms with Crippen LogP contribution in [0.4, 0.5) is 0 Å². The normalized spacial score (nSPS) is 13.7. The number of Topliss-reactive ketones (excluding diaryl/α,β-unsaturated/α-hetero) is 1. The predicted molar refractivity (Wildman–Crippen MR) is 104 cm³/mol. The summed E-state index contributed by atoms with van der Waals surface area (Å²) in [4.78, 5) is 12.0. The van der Waals surface area contributed by atoms with Gasteiger partial charge in [0, 0.05) is 18.2 Å². The molecule has 4 nitrogen and oxygen atoms in total. The third kappa shape index (κ3) is 3.98. The van der Waals surface area contributed by atoms with Crippen molar-refractivity contribution >= 4 is 15.6 Å². The highest BCUT2D eigenvalue weighted by Gasteiger charge is 2.23. The van der Waals surface area contributed by atoms with Crippen LogP contribution in [-0.2, 0) is 16.3 Å². The zero-order valence-electron chi connectivity index (χ0n) is 15.5. The number of carbonyl (C=O) groups excluding carboxylic acids is 1. The molecule has 138 valence electrons. The molecule has 0 aromatic heterocycles. The van der Waals surface area contributed by atoms with Crippen LogP contribution in [0.3, 0.4) is 0 Å². The van der Waals surface area contributed by atoms with E-state index in [1.807, 2.05) is 38.1 Å². The summed E-state index contributed by atoms with van der Waals surface area (Å²) >= 11 is 0. The van der Waals surface area contributed by atoms with Gasteiger partial charge in [-0.3, -0.25) is 4.79 Å². The molecule has 0 radical (unpaired) electrons. The van der Waals surface area contributed by atoms with E-state index in [1.165, 1.54) is 6.26 Å². The Balaban J connectivity index is 1.84. The van der Waals surface area contributed by atoms with Crippen molar-refractivity contribution in [3.05, 3.63) is 52.6 Å². The van der Waals surface area contributed by atoms with Gasteiger partial charge in [-0.2, -0.15) is 0 Å². The van der Waals surface area contributed by atoms with Crippen LogP contribution in [0.1, 0.15) is 39.9 Å². The van der Waals surface area contributed by atoms with Crippen LogP contribution < -0.4 is 4.74 Å². The molecule has 1 aliphatic rings. The summed E-state index contributed by atoms with van der Waals surface area (Å²) in [7, 11) is -2.96. The third-order valence-corrected chi connectivity index (χ3v) is 5.81. The minimum atomic E-state index is -2.96. The fourth-order valence-electron chi connectivity index (χ4n) is 3.67. The van der Waals surface area contributed by atoms with Gasteiger partial charge in [0.2, 0.25) is 0 Å². The van der Waals surface area contributed by atoms with Gasteiger partial charge in [0.05, 0.1) is 12.4 Å². The number of aryl methyl sites for hydroxylation is 2. The average molecular weight is 372 g/mol. The molecule has 5 heteroatoms. The van der Waals surface area contributed by atoms with Crippen molar-refractivity contribution in [2.75, 3.05) is 18.6 Å². The lowest BCUT2D eigenvalue weighted by molar-refractivity contribution is 0.0994. The molecule has 0 aliphatic heterocycles. The number of carbonyl (C=O) groups is 1. The quantitative estimate of drug-likeness (QED) is 0.721. The van der Waals surface area contributed by atoms with Crippen LogP contribution in [0.25, 0.3) is 11.1 Å². The molecule has 0 fully saturated rings. The second-order valence-electron chi connectivity index (χ2n) is 7.02. The van der Waals surface area contributed by atoms with Gasteiger partial charge in [0.1, 0.15) is 15.6 Å². The first kappa shape index (κ1) is 18.6. The van der Waals surface area contributed by atoms with Crippen LogP contribution in [0.15, 0.2) is 30.3 Å². The smallest absolute Gasteiger partial charge is 0.163 e. The molecular formula is C21H24O4S. The summed E-state index contributed by atoms with van der Waals surface area (Å²) in [5.41, 5.74) is 6.46. The number of rotatable bonds is 6. The lowest BCUT2D eigenvalue weighted by Crippen LogP contribution is -2.08. The van der Waals surface area contributed by atoms with Crippen molar-refractivity contribution in [1.29, 1.82) is 0 Å². The molecule has 0 atom stereocenters. The number of fused-ring (bicyclic) bond motifs is 1. The number of hydrogen-bond acceptors (Lipinski definition) is 4. The molecule has 26 heavy (non-hydrogen) atoms. The molecule has 0 spiro atoms. The Morgan fingerprint density at radius 3 is 2.35 bits per heavy atom. The number of ether oxygens (including phenoxy) is 1. The number of sulfone groups is 1. The van der Waals surface area contributed by atoms with Crippen LogP contribution in [0.2, 0.25) is 0 Å². The fraction of sp³-hybridized carbons (Fsp3) is 0.381. The minimum Gasteiger partial charge on any atom is -0.494 e. The van der Waals surface area contributed by atoms with Crippen molar-refractivity contribution in [2.24, 2.45) is 0 Å². The Labute approximate surface area is 155 Å². The molecule has 0 heterocycles. The van der Waals surface area contributed by atoms with Gasteiger partial charge in [-0.15, -0.1) is 0 Å². The summed E-state index contributed by atoms with van der Waals surface area (Å²) < 4.78 is 28.1. The van der Waals surface area contributed by atoms with Crippen molar-refractivity contribution in [3.8, 4) is 16.9 Å². The molecule has 3 rings (SSSR count). The summed E-state index contributed by atoms with van der Waals surface area (Å²) in [6.45, 7) is 4.46. The van der Waals surface area contributed by atoms with E-state index >= 15 is 0 Å². The van der Waals surface area contributed by atoms with E-state index in [0.29, 0.717) is 19.4 Å². The van der Waals surface area contributed by atoms with E-state index in [2.05, 4.69) is 6.07 Å². The summed E-state index contributed by atoms with van der Waals surface area (Å²) in [6.07, 6.45) is 3.10. The van der Waals surface area contributed by atoms with Crippen molar-refractivity contribution in [2.45, 2.75) is 33.1 Å². The molecule has 2 aromatic carbocycles. The number of benzene rings is 2. The Morgan fingerprint density at radius 1 is 1.04 bits per heavy atom. The SMILES string of the molecule is Cc1cc(OCCCS(C)(=O)=O)cc(C)c1-c1cccc2c1CCC2=O. The van der Waals surface area contributed by atoms with Gasteiger partial charge in [0.25, 0.3) is 0 Å². The Bertz CT molecular complexity index is 935. The standard InChI is InChI=1S/C21H24O4S/c1-14-12-16(25-10-5-11-26(3,23)24)13-15(2)21(14)19-7-4-6-18-17(19)8-9-20(18)22/h4,6-7,12-13H,5,8-11H2,1-3H3. The molecule has 1 aliphatic carbocycles. The number of hydrogen-bond donors (Lipinski definition) is 0. The van der Waals surface area contributed by atoms with Crippen molar-refractivity contribution in [3.63, 3.8) is 0 Å². The topological polar surface area (TPSA) is 60.4 Å². The summed E-state index contributed by atoms with van der Waals surface area (Å²) in [5.74, 6) is 1.11. The van der Waals surface area contributed by atoms with Gasteiger partial charge in [-0.1, -0.05) is 18.2 Å². The van der Waals surface area contributed by atoms with Crippen molar-refractivity contribution in [1.82, 2.24) is 0 Å².